The molecule has 30 heavy (non-hydrogen) atoms. The molecule has 4 rings (SSSR count). The fraction of sp³-hybridized carbons (Fsp3) is 0.0952. The van der Waals surface area contributed by atoms with Gasteiger partial charge in [-0.1, -0.05) is 34.7 Å². The first kappa shape index (κ1) is 19.7. The van der Waals surface area contributed by atoms with Crippen molar-refractivity contribution in [2.45, 2.75) is 17.8 Å². The average molecular weight is 420 g/mol. The number of anilines is 1. The largest absolute Gasteiger partial charge is 0.321 e. The minimum Gasteiger partial charge on any atom is -0.321 e. The van der Waals surface area contributed by atoms with Crippen molar-refractivity contribution >= 4 is 23.4 Å². The standard InChI is InChI=1S/C21H17FN6OS/c1-14-3-7-16(8-4-14)25-20(29)19-18(13-30-21-23-11-2-12-24-21)28(27-26-19)17-9-5-15(22)6-10-17/h2-12H,13H2,1H3,(H,25,29). The van der Waals surface area contributed by atoms with Gasteiger partial charge < -0.3 is 5.32 Å². The van der Waals surface area contributed by atoms with E-state index in [2.05, 4.69) is 25.6 Å². The van der Waals surface area contributed by atoms with Crippen LogP contribution in [0.2, 0.25) is 0 Å². The minimum absolute atomic E-state index is 0.184. The highest BCUT2D eigenvalue weighted by atomic mass is 32.2. The van der Waals surface area contributed by atoms with Crippen molar-refractivity contribution < 1.29 is 9.18 Å². The van der Waals surface area contributed by atoms with Crippen molar-refractivity contribution in [3.05, 3.63) is 89.8 Å². The molecule has 0 saturated carbocycles. The van der Waals surface area contributed by atoms with Gasteiger partial charge in [0.15, 0.2) is 10.9 Å². The van der Waals surface area contributed by atoms with E-state index in [1.54, 1.807) is 30.6 Å². The number of rotatable bonds is 6. The van der Waals surface area contributed by atoms with Gasteiger partial charge in [-0.25, -0.2) is 19.0 Å². The van der Waals surface area contributed by atoms with Gasteiger partial charge in [-0.05, 0) is 49.4 Å². The maximum atomic E-state index is 13.3. The van der Waals surface area contributed by atoms with E-state index in [-0.39, 0.29) is 17.4 Å². The number of carbonyl (C=O) groups is 1. The van der Waals surface area contributed by atoms with E-state index in [1.807, 2.05) is 31.2 Å². The summed E-state index contributed by atoms with van der Waals surface area (Å²) in [6.45, 7) is 1.97. The predicted octanol–water partition coefficient (Wildman–Crippen LogP) is 4.05. The topological polar surface area (TPSA) is 85.6 Å². The van der Waals surface area contributed by atoms with Crippen LogP contribution in [0.3, 0.4) is 0 Å². The zero-order valence-corrected chi connectivity index (χ0v) is 16.8. The number of nitrogens with zero attached hydrogens (tertiary/aromatic N) is 5. The molecule has 0 bridgehead atoms. The molecule has 9 heteroatoms. The summed E-state index contributed by atoms with van der Waals surface area (Å²) in [6, 6.07) is 15.0. The summed E-state index contributed by atoms with van der Waals surface area (Å²) in [5.41, 5.74) is 3.09. The summed E-state index contributed by atoms with van der Waals surface area (Å²) < 4.78 is 14.9. The lowest BCUT2D eigenvalue weighted by molar-refractivity contribution is 0.102. The van der Waals surface area contributed by atoms with Crippen molar-refractivity contribution in [2.75, 3.05) is 5.32 Å². The van der Waals surface area contributed by atoms with Gasteiger partial charge in [0, 0.05) is 23.8 Å². The molecular weight excluding hydrogens is 403 g/mol. The lowest BCUT2D eigenvalue weighted by Crippen LogP contribution is -2.15. The summed E-state index contributed by atoms with van der Waals surface area (Å²) in [5, 5.41) is 11.6. The van der Waals surface area contributed by atoms with Crippen LogP contribution in [-0.2, 0) is 5.75 Å². The number of amides is 1. The van der Waals surface area contributed by atoms with Crippen LogP contribution in [-0.4, -0.2) is 30.9 Å². The molecule has 4 aromatic rings. The molecule has 0 atom stereocenters. The summed E-state index contributed by atoms with van der Waals surface area (Å²) in [6.07, 6.45) is 3.30. The van der Waals surface area contributed by atoms with Gasteiger partial charge in [0.1, 0.15) is 5.82 Å². The van der Waals surface area contributed by atoms with E-state index >= 15 is 0 Å². The number of carbonyl (C=O) groups excluding carboxylic acids is 1. The summed E-state index contributed by atoms with van der Waals surface area (Å²) in [4.78, 5) is 21.3. The third-order valence-electron chi connectivity index (χ3n) is 4.24. The number of aromatic nitrogens is 5. The first-order chi connectivity index (χ1) is 14.6. The predicted molar refractivity (Wildman–Crippen MR) is 112 cm³/mol. The van der Waals surface area contributed by atoms with E-state index < -0.39 is 0 Å². The minimum atomic E-state index is -0.378. The lowest BCUT2D eigenvalue weighted by atomic mass is 10.2. The van der Waals surface area contributed by atoms with Crippen LogP contribution in [0.1, 0.15) is 21.7 Å². The Morgan fingerprint density at radius 2 is 1.77 bits per heavy atom. The first-order valence-electron chi connectivity index (χ1n) is 9.08. The first-order valence-corrected chi connectivity index (χ1v) is 10.1. The third kappa shape index (κ3) is 4.52. The van der Waals surface area contributed by atoms with Gasteiger partial charge in [-0.15, -0.1) is 5.10 Å². The van der Waals surface area contributed by atoms with Crippen LogP contribution in [0.15, 0.2) is 72.1 Å². The summed E-state index contributed by atoms with van der Waals surface area (Å²) in [7, 11) is 0. The van der Waals surface area contributed by atoms with Crippen LogP contribution < -0.4 is 5.32 Å². The van der Waals surface area contributed by atoms with Gasteiger partial charge >= 0.3 is 0 Å². The molecule has 1 amide bonds. The molecule has 0 radical (unpaired) electrons. The molecule has 0 spiro atoms. The number of nitrogens with one attached hydrogen (secondary N) is 1. The van der Waals surface area contributed by atoms with Crippen LogP contribution in [0.25, 0.3) is 5.69 Å². The number of benzene rings is 2. The number of aryl methyl sites for hydroxylation is 1. The Kier molecular flexibility index (Phi) is 5.80. The van der Waals surface area contributed by atoms with Gasteiger partial charge in [0.2, 0.25) is 0 Å². The summed E-state index contributed by atoms with van der Waals surface area (Å²) in [5.74, 6) is -0.382. The Labute approximate surface area is 176 Å². The Morgan fingerprint density at radius 1 is 1.07 bits per heavy atom. The van der Waals surface area contributed by atoms with Crippen molar-refractivity contribution in [1.29, 1.82) is 0 Å². The van der Waals surface area contributed by atoms with Gasteiger partial charge in [-0.3, -0.25) is 4.79 Å². The van der Waals surface area contributed by atoms with E-state index in [0.717, 1.165) is 5.56 Å². The Hall–Kier alpha value is -3.59. The third-order valence-corrected chi connectivity index (χ3v) is 5.13. The molecule has 150 valence electrons. The second-order valence-electron chi connectivity index (χ2n) is 6.41. The molecule has 0 unspecified atom stereocenters. The normalized spacial score (nSPS) is 10.7. The van der Waals surface area contributed by atoms with Crippen molar-refractivity contribution in [3.63, 3.8) is 0 Å². The van der Waals surface area contributed by atoms with E-state index in [1.165, 1.54) is 28.6 Å². The van der Waals surface area contributed by atoms with Crippen LogP contribution >= 0.6 is 11.8 Å². The van der Waals surface area contributed by atoms with Crippen LogP contribution in [0.4, 0.5) is 10.1 Å². The zero-order valence-electron chi connectivity index (χ0n) is 16.0. The Bertz CT molecular complexity index is 1150. The molecule has 0 fully saturated rings. The number of thioether (sulfide) groups is 1. The number of halogens is 1. The van der Waals surface area contributed by atoms with Gasteiger partial charge in [0.05, 0.1) is 11.4 Å². The second-order valence-corrected chi connectivity index (χ2v) is 7.36. The maximum absolute atomic E-state index is 13.3. The van der Waals surface area contributed by atoms with Gasteiger partial charge in [0.25, 0.3) is 5.91 Å². The smallest absolute Gasteiger partial charge is 0.278 e. The van der Waals surface area contributed by atoms with Crippen LogP contribution in [0, 0.1) is 12.7 Å². The molecule has 0 saturated heterocycles. The Balaban J connectivity index is 1.65. The molecule has 2 aromatic carbocycles. The molecule has 0 aliphatic carbocycles. The fourth-order valence-electron chi connectivity index (χ4n) is 2.72. The SMILES string of the molecule is Cc1ccc(NC(=O)c2nnn(-c3ccc(F)cc3)c2CSc2ncccn2)cc1. The molecule has 0 aliphatic heterocycles. The van der Waals surface area contributed by atoms with E-state index in [9.17, 15) is 9.18 Å². The Morgan fingerprint density at radius 3 is 2.47 bits per heavy atom. The highest BCUT2D eigenvalue weighted by Gasteiger charge is 2.21. The maximum Gasteiger partial charge on any atom is 0.278 e. The monoisotopic (exact) mass is 420 g/mol. The van der Waals surface area contributed by atoms with E-state index in [0.29, 0.717) is 28.0 Å². The van der Waals surface area contributed by atoms with Crippen LogP contribution in [0.5, 0.6) is 0 Å². The van der Waals surface area contributed by atoms with Crippen molar-refractivity contribution in [1.82, 2.24) is 25.0 Å². The second kappa shape index (κ2) is 8.83. The number of hydrogen-bond acceptors (Lipinski definition) is 6. The molecule has 2 heterocycles. The quantitative estimate of drug-likeness (QED) is 0.374. The van der Waals surface area contributed by atoms with E-state index in [4.69, 9.17) is 0 Å². The van der Waals surface area contributed by atoms with Crippen molar-refractivity contribution in [2.24, 2.45) is 0 Å². The molecule has 7 nitrogen and oxygen atoms in total. The highest BCUT2D eigenvalue weighted by Crippen LogP contribution is 2.23. The van der Waals surface area contributed by atoms with Crippen molar-refractivity contribution in [3.8, 4) is 5.69 Å². The molecular formula is C21H17FN6OS. The zero-order chi connectivity index (χ0) is 20.9. The fourth-order valence-corrected chi connectivity index (χ4v) is 3.51. The molecule has 2 aromatic heterocycles. The average Bonchev–Trinajstić information content (AvgIpc) is 3.19. The lowest BCUT2D eigenvalue weighted by Gasteiger charge is -2.08. The van der Waals surface area contributed by atoms with Gasteiger partial charge in [-0.2, -0.15) is 0 Å². The number of hydrogen-bond donors (Lipinski definition) is 1. The summed E-state index contributed by atoms with van der Waals surface area (Å²) >= 11 is 1.35. The molecule has 1 N–H and O–H groups in total. The molecule has 0 aliphatic rings. The highest BCUT2D eigenvalue weighted by molar-refractivity contribution is 7.98.